The lowest BCUT2D eigenvalue weighted by atomic mass is 9.53. The third-order valence-corrected chi connectivity index (χ3v) is 6.62. The van der Waals surface area contributed by atoms with Gasteiger partial charge in [-0.3, -0.25) is 0 Å². The Kier molecular flexibility index (Phi) is 3.96. The second kappa shape index (κ2) is 5.92. The highest BCUT2D eigenvalue weighted by Crippen LogP contribution is 2.58. The number of phenols is 1. The summed E-state index contributed by atoms with van der Waals surface area (Å²) in [6.45, 7) is 1.00. The van der Waals surface area contributed by atoms with Gasteiger partial charge in [0.1, 0.15) is 11.9 Å². The molecule has 0 amide bonds. The Bertz CT molecular complexity index is 716. The fourth-order valence-corrected chi connectivity index (χ4v) is 5.38. The van der Waals surface area contributed by atoms with Gasteiger partial charge in [0.15, 0.2) is 11.5 Å². The summed E-state index contributed by atoms with van der Waals surface area (Å²) in [5, 5.41) is 11.0. The predicted octanol–water partition coefficient (Wildman–Crippen LogP) is 2.46. The van der Waals surface area contributed by atoms with Gasteiger partial charge in [0, 0.05) is 24.1 Å². The van der Waals surface area contributed by atoms with Crippen LogP contribution in [0.25, 0.3) is 0 Å². The Labute approximate surface area is 149 Å². The topological polar surface area (TPSA) is 51.2 Å². The van der Waals surface area contributed by atoms with Crippen LogP contribution < -0.4 is 4.74 Å². The van der Waals surface area contributed by atoms with Crippen LogP contribution in [0.15, 0.2) is 24.0 Å². The first-order chi connectivity index (χ1) is 12.1. The Morgan fingerprint density at radius 1 is 1.20 bits per heavy atom. The number of aromatic hydroxyl groups is 1. The first kappa shape index (κ1) is 16.7. The number of hydrogen-bond acceptors (Lipinski definition) is 5. The molecule has 1 fully saturated rings. The molecule has 4 atom stereocenters. The number of likely N-dealkylation sites (tertiary alicyclic amines) is 1. The minimum atomic E-state index is -0.218. The van der Waals surface area contributed by atoms with Crippen LogP contribution in [0.5, 0.6) is 11.5 Å². The van der Waals surface area contributed by atoms with Crippen LogP contribution in [0.3, 0.4) is 0 Å². The van der Waals surface area contributed by atoms with E-state index >= 15 is 0 Å². The Balaban J connectivity index is 1.97. The zero-order valence-corrected chi connectivity index (χ0v) is 15.4. The summed E-state index contributed by atoms with van der Waals surface area (Å²) in [6.07, 6.45) is 5.02. The molecular weight excluding hydrogens is 318 g/mol. The van der Waals surface area contributed by atoms with E-state index in [1.807, 2.05) is 6.07 Å². The van der Waals surface area contributed by atoms with Crippen LogP contribution in [0, 0.1) is 5.92 Å². The van der Waals surface area contributed by atoms with Crippen molar-refractivity contribution in [2.24, 2.45) is 5.92 Å². The van der Waals surface area contributed by atoms with E-state index in [2.05, 4.69) is 24.1 Å². The molecule has 0 spiro atoms. The molecule has 25 heavy (non-hydrogen) atoms. The lowest BCUT2D eigenvalue weighted by Crippen LogP contribution is -2.60. The molecule has 5 heteroatoms. The Hall–Kier alpha value is -1.72. The zero-order chi connectivity index (χ0) is 17.8. The van der Waals surface area contributed by atoms with Crippen molar-refractivity contribution in [1.29, 1.82) is 0 Å². The van der Waals surface area contributed by atoms with Crippen molar-refractivity contribution < 1.29 is 19.3 Å². The van der Waals surface area contributed by atoms with Crippen LogP contribution in [-0.4, -0.2) is 57.1 Å². The number of allylic oxidation sites excluding steroid dienone is 1. The molecule has 0 radical (unpaired) electrons. The summed E-state index contributed by atoms with van der Waals surface area (Å²) in [7, 11) is 7.26. The van der Waals surface area contributed by atoms with Crippen molar-refractivity contribution in [3.05, 3.63) is 35.1 Å². The van der Waals surface area contributed by atoms with Gasteiger partial charge in [0.25, 0.3) is 0 Å². The van der Waals surface area contributed by atoms with Gasteiger partial charge in [-0.25, -0.2) is 0 Å². The average molecular weight is 345 g/mol. The predicted molar refractivity (Wildman–Crippen MR) is 95.1 cm³/mol. The smallest absolute Gasteiger partial charge is 0.162 e. The third-order valence-electron chi connectivity index (χ3n) is 6.62. The SMILES string of the molecule is COC1=CC23CCN(C)C(Cc4ccc(OC)c(O)c42)C3CC1OC. The van der Waals surface area contributed by atoms with Gasteiger partial charge in [-0.05, 0) is 56.5 Å². The number of piperidine rings is 1. The second-order valence-corrected chi connectivity index (χ2v) is 7.51. The van der Waals surface area contributed by atoms with Crippen molar-refractivity contribution in [1.82, 2.24) is 4.90 Å². The maximum Gasteiger partial charge on any atom is 0.162 e. The van der Waals surface area contributed by atoms with Gasteiger partial charge in [0.05, 0.1) is 14.2 Å². The van der Waals surface area contributed by atoms with Crippen LogP contribution in [0.2, 0.25) is 0 Å². The highest BCUT2D eigenvalue weighted by atomic mass is 16.5. The lowest BCUT2D eigenvalue weighted by molar-refractivity contribution is -0.0197. The molecule has 1 N–H and O–H groups in total. The van der Waals surface area contributed by atoms with Crippen LogP contribution >= 0.6 is 0 Å². The van der Waals surface area contributed by atoms with E-state index in [1.165, 1.54) is 5.56 Å². The molecule has 0 saturated carbocycles. The molecule has 5 nitrogen and oxygen atoms in total. The molecule has 136 valence electrons. The molecule has 1 heterocycles. The number of rotatable bonds is 3. The number of nitrogens with zero attached hydrogens (tertiary/aromatic N) is 1. The number of fused-ring (bicyclic) bond motifs is 1. The molecular formula is C20H27NO4. The number of phenolic OH excluding ortho intramolecular Hbond substituents is 1. The van der Waals surface area contributed by atoms with Crippen LogP contribution in [0.4, 0.5) is 0 Å². The van der Waals surface area contributed by atoms with E-state index in [0.29, 0.717) is 17.7 Å². The van der Waals surface area contributed by atoms with Gasteiger partial charge < -0.3 is 24.2 Å². The molecule has 2 aliphatic carbocycles. The summed E-state index contributed by atoms with van der Waals surface area (Å²) < 4.78 is 16.8. The van der Waals surface area contributed by atoms with Crippen molar-refractivity contribution >= 4 is 0 Å². The normalized spacial score (nSPS) is 33.9. The first-order valence-corrected chi connectivity index (χ1v) is 8.94. The minimum Gasteiger partial charge on any atom is -0.504 e. The van der Waals surface area contributed by atoms with Crippen molar-refractivity contribution in [3.8, 4) is 11.5 Å². The van der Waals surface area contributed by atoms with Crippen LogP contribution in [0.1, 0.15) is 24.0 Å². The molecule has 0 aromatic heterocycles. The highest BCUT2D eigenvalue weighted by molar-refractivity contribution is 5.58. The maximum absolute atomic E-state index is 11.0. The third kappa shape index (κ3) is 2.22. The largest absolute Gasteiger partial charge is 0.504 e. The molecule has 1 saturated heterocycles. The zero-order valence-electron chi connectivity index (χ0n) is 15.4. The Morgan fingerprint density at radius 3 is 2.68 bits per heavy atom. The summed E-state index contributed by atoms with van der Waals surface area (Å²) in [4.78, 5) is 2.46. The van der Waals surface area contributed by atoms with E-state index in [-0.39, 0.29) is 17.3 Å². The number of likely N-dealkylation sites (N-methyl/N-ethyl adjacent to an activating group) is 1. The molecule has 4 unspecified atom stereocenters. The molecule has 1 aliphatic heterocycles. The fraction of sp³-hybridized carbons (Fsp3) is 0.600. The lowest BCUT2D eigenvalue weighted by Gasteiger charge is -2.57. The number of hydrogen-bond donors (Lipinski definition) is 1. The van der Waals surface area contributed by atoms with Gasteiger partial charge in [-0.1, -0.05) is 6.07 Å². The van der Waals surface area contributed by atoms with E-state index < -0.39 is 0 Å². The molecule has 4 rings (SSSR count). The monoisotopic (exact) mass is 345 g/mol. The van der Waals surface area contributed by atoms with E-state index in [4.69, 9.17) is 14.2 Å². The number of ether oxygens (including phenoxy) is 3. The first-order valence-electron chi connectivity index (χ1n) is 8.94. The summed E-state index contributed by atoms with van der Waals surface area (Å²) in [5.41, 5.74) is 2.03. The fourth-order valence-electron chi connectivity index (χ4n) is 5.38. The van der Waals surface area contributed by atoms with Crippen molar-refractivity contribution in [2.75, 3.05) is 34.9 Å². The van der Waals surface area contributed by atoms with E-state index in [9.17, 15) is 5.11 Å². The van der Waals surface area contributed by atoms with Gasteiger partial charge in [-0.15, -0.1) is 0 Å². The number of benzene rings is 1. The number of methoxy groups -OCH3 is 3. The van der Waals surface area contributed by atoms with Crippen molar-refractivity contribution in [2.45, 2.75) is 36.8 Å². The molecule has 2 bridgehead atoms. The van der Waals surface area contributed by atoms with E-state index in [1.54, 1.807) is 21.3 Å². The maximum atomic E-state index is 11.0. The standard InChI is InChI=1S/C20H27NO4/c1-21-8-7-20-11-17(25-4)16(24-3)10-13(20)14(21)9-12-5-6-15(23-2)19(22)18(12)20/h5-6,11,13-14,16,22H,7-10H2,1-4H3. The summed E-state index contributed by atoms with van der Waals surface area (Å²) in [6, 6.07) is 4.44. The van der Waals surface area contributed by atoms with E-state index in [0.717, 1.165) is 37.1 Å². The van der Waals surface area contributed by atoms with Crippen LogP contribution in [-0.2, 0) is 21.3 Å². The molecule has 1 aromatic rings. The summed E-state index contributed by atoms with van der Waals surface area (Å²) >= 11 is 0. The van der Waals surface area contributed by atoms with Gasteiger partial charge in [0.2, 0.25) is 0 Å². The summed E-state index contributed by atoms with van der Waals surface area (Å²) in [5.74, 6) is 2.10. The van der Waals surface area contributed by atoms with Gasteiger partial charge >= 0.3 is 0 Å². The second-order valence-electron chi connectivity index (χ2n) is 7.51. The average Bonchev–Trinajstić information content (AvgIpc) is 2.63. The minimum absolute atomic E-state index is 0.0218. The molecule has 3 aliphatic rings. The molecule has 1 aromatic carbocycles. The van der Waals surface area contributed by atoms with Gasteiger partial charge in [-0.2, -0.15) is 0 Å². The van der Waals surface area contributed by atoms with Crippen molar-refractivity contribution in [3.63, 3.8) is 0 Å². The Morgan fingerprint density at radius 2 is 2.00 bits per heavy atom. The highest BCUT2D eigenvalue weighted by Gasteiger charge is 2.56. The quantitative estimate of drug-likeness (QED) is 0.912.